The minimum atomic E-state index is -0.849. The molecule has 16 heavy (non-hydrogen) atoms. The van der Waals surface area contributed by atoms with E-state index in [0.717, 1.165) is 12.0 Å². The summed E-state index contributed by atoms with van der Waals surface area (Å²) in [5.41, 5.74) is 1.06. The summed E-state index contributed by atoms with van der Waals surface area (Å²) in [6.45, 7) is 0. The van der Waals surface area contributed by atoms with E-state index < -0.39 is 5.97 Å². The Bertz CT molecular complexity index is 331. The topological polar surface area (TPSA) is 66.8 Å². The zero-order valence-electron chi connectivity index (χ0n) is 9.22. The minimum absolute atomic E-state index is 0.0224. The van der Waals surface area contributed by atoms with E-state index in [-0.39, 0.29) is 18.3 Å². The molecule has 0 bridgehead atoms. The van der Waals surface area contributed by atoms with Crippen LogP contribution in [0.5, 0.6) is 5.75 Å². The molecule has 0 saturated heterocycles. The highest BCUT2D eigenvalue weighted by Gasteiger charge is 2.11. The van der Waals surface area contributed by atoms with E-state index in [1.165, 1.54) is 7.11 Å². The van der Waals surface area contributed by atoms with Crippen LogP contribution in [0.25, 0.3) is 0 Å². The Morgan fingerprint density at radius 3 is 2.50 bits per heavy atom. The average molecular weight is 224 g/mol. The maximum Gasteiger partial charge on any atom is 0.305 e. The van der Waals surface area contributed by atoms with Gasteiger partial charge in [-0.3, -0.25) is 4.79 Å². The van der Waals surface area contributed by atoms with Crippen molar-refractivity contribution in [2.24, 2.45) is 0 Å². The van der Waals surface area contributed by atoms with Crippen molar-refractivity contribution in [1.82, 2.24) is 0 Å². The quantitative estimate of drug-likeness (QED) is 0.773. The number of carboxylic acid groups (broad SMARTS) is 1. The number of hydrogen-bond donors (Lipinski definition) is 2. The van der Waals surface area contributed by atoms with Crippen LogP contribution >= 0.6 is 0 Å². The van der Waals surface area contributed by atoms with Gasteiger partial charge < -0.3 is 14.9 Å². The molecule has 1 aromatic carbocycles. The van der Waals surface area contributed by atoms with E-state index in [4.69, 9.17) is 14.9 Å². The fourth-order valence-electron chi connectivity index (χ4n) is 1.49. The van der Waals surface area contributed by atoms with Gasteiger partial charge in [0.1, 0.15) is 5.75 Å². The van der Waals surface area contributed by atoms with Gasteiger partial charge in [0.15, 0.2) is 0 Å². The van der Waals surface area contributed by atoms with Crippen molar-refractivity contribution < 1.29 is 19.7 Å². The summed E-state index contributed by atoms with van der Waals surface area (Å²) < 4.78 is 5.08. The molecule has 1 unspecified atom stereocenters. The van der Waals surface area contributed by atoms with Crippen molar-refractivity contribution >= 4 is 5.97 Å². The number of carbonyl (C=O) groups is 1. The molecule has 0 aromatic heterocycles. The van der Waals surface area contributed by atoms with Gasteiger partial charge in [0.2, 0.25) is 0 Å². The maximum absolute atomic E-state index is 10.5. The van der Waals surface area contributed by atoms with E-state index >= 15 is 0 Å². The highest BCUT2D eigenvalue weighted by molar-refractivity contribution is 5.67. The molecule has 0 radical (unpaired) electrons. The number of methoxy groups -OCH3 is 1. The van der Waals surface area contributed by atoms with Crippen LogP contribution in [0.4, 0.5) is 0 Å². The molecule has 0 fully saturated rings. The van der Waals surface area contributed by atoms with Crippen molar-refractivity contribution in [3.63, 3.8) is 0 Å². The number of benzene rings is 1. The zero-order valence-corrected chi connectivity index (χ0v) is 9.22. The molecule has 1 aromatic rings. The molecule has 88 valence electrons. The molecular formula is C12H16O4. The summed E-state index contributed by atoms with van der Waals surface area (Å²) in [6.07, 6.45) is 1.17. The van der Waals surface area contributed by atoms with Gasteiger partial charge in [-0.05, 0) is 30.5 Å². The van der Waals surface area contributed by atoms with Crippen LogP contribution in [0.1, 0.15) is 18.4 Å². The van der Waals surface area contributed by atoms with Gasteiger partial charge in [-0.1, -0.05) is 12.1 Å². The highest BCUT2D eigenvalue weighted by atomic mass is 16.5. The third-order valence-corrected chi connectivity index (χ3v) is 2.43. The Morgan fingerprint density at radius 1 is 1.38 bits per heavy atom. The summed E-state index contributed by atoms with van der Waals surface area (Å²) >= 11 is 0. The Kier molecular flexibility index (Phi) is 4.79. The van der Waals surface area contributed by atoms with Crippen LogP contribution in [0.15, 0.2) is 24.3 Å². The van der Waals surface area contributed by atoms with Gasteiger partial charge in [-0.25, -0.2) is 0 Å². The first kappa shape index (κ1) is 12.5. The zero-order chi connectivity index (χ0) is 12.0. The molecule has 0 saturated carbocycles. The third kappa shape index (κ3) is 4.31. The molecule has 0 aliphatic rings. The predicted molar refractivity (Wildman–Crippen MR) is 59.5 cm³/mol. The molecule has 0 aliphatic carbocycles. The van der Waals surface area contributed by atoms with Crippen molar-refractivity contribution in [1.29, 1.82) is 0 Å². The molecular weight excluding hydrogens is 208 g/mol. The van der Waals surface area contributed by atoms with Crippen molar-refractivity contribution in [2.75, 3.05) is 7.11 Å². The Labute approximate surface area is 94.5 Å². The molecule has 0 aliphatic heterocycles. The molecule has 1 atom stereocenters. The SMILES string of the molecule is COC(CCc1ccc(O)cc1)CC(=O)O. The lowest BCUT2D eigenvalue weighted by molar-refractivity contribution is -0.139. The number of phenols is 1. The molecule has 0 amide bonds. The highest BCUT2D eigenvalue weighted by Crippen LogP contribution is 2.13. The number of phenolic OH excluding ortho intramolecular Hbond substituents is 1. The van der Waals surface area contributed by atoms with E-state index in [9.17, 15) is 4.79 Å². The van der Waals surface area contributed by atoms with Gasteiger partial charge in [0, 0.05) is 7.11 Å². The molecule has 4 nitrogen and oxygen atoms in total. The Balaban J connectivity index is 2.43. The van der Waals surface area contributed by atoms with Gasteiger partial charge in [0.25, 0.3) is 0 Å². The number of rotatable bonds is 6. The number of hydrogen-bond acceptors (Lipinski definition) is 3. The van der Waals surface area contributed by atoms with Gasteiger partial charge in [-0.2, -0.15) is 0 Å². The lowest BCUT2D eigenvalue weighted by Crippen LogP contribution is -2.16. The second-order valence-corrected chi connectivity index (χ2v) is 3.66. The smallest absolute Gasteiger partial charge is 0.305 e. The van der Waals surface area contributed by atoms with Crippen molar-refractivity contribution in [2.45, 2.75) is 25.4 Å². The average Bonchev–Trinajstić information content (AvgIpc) is 2.26. The minimum Gasteiger partial charge on any atom is -0.508 e. The number of aliphatic carboxylic acids is 1. The monoisotopic (exact) mass is 224 g/mol. The first-order valence-electron chi connectivity index (χ1n) is 5.14. The Morgan fingerprint density at radius 2 is 2.00 bits per heavy atom. The summed E-state index contributed by atoms with van der Waals surface area (Å²) in [7, 11) is 1.52. The number of aryl methyl sites for hydroxylation is 1. The van der Waals surface area contributed by atoms with Gasteiger partial charge in [-0.15, -0.1) is 0 Å². The second-order valence-electron chi connectivity index (χ2n) is 3.66. The van der Waals surface area contributed by atoms with Crippen LogP contribution in [-0.4, -0.2) is 29.4 Å². The Hall–Kier alpha value is -1.55. The predicted octanol–water partition coefficient (Wildman–Crippen LogP) is 1.81. The molecule has 2 N–H and O–H groups in total. The summed E-state index contributed by atoms with van der Waals surface area (Å²) in [6, 6.07) is 6.88. The first-order valence-corrected chi connectivity index (χ1v) is 5.14. The maximum atomic E-state index is 10.5. The van der Waals surface area contributed by atoms with Crippen LogP contribution in [0.2, 0.25) is 0 Å². The van der Waals surface area contributed by atoms with E-state index in [1.54, 1.807) is 12.1 Å². The van der Waals surface area contributed by atoms with Gasteiger partial charge in [0.05, 0.1) is 12.5 Å². The normalized spacial score (nSPS) is 12.3. The van der Waals surface area contributed by atoms with Crippen LogP contribution in [0, 0.1) is 0 Å². The first-order chi connectivity index (χ1) is 7.61. The van der Waals surface area contributed by atoms with Gasteiger partial charge >= 0.3 is 5.97 Å². The summed E-state index contributed by atoms with van der Waals surface area (Å²) in [5.74, 6) is -0.616. The number of aromatic hydroxyl groups is 1. The van der Waals surface area contributed by atoms with Crippen molar-refractivity contribution in [3.05, 3.63) is 29.8 Å². The molecule has 0 heterocycles. The van der Waals surface area contributed by atoms with Crippen LogP contribution in [-0.2, 0) is 16.0 Å². The van der Waals surface area contributed by atoms with Crippen LogP contribution < -0.4 is 0 Å². The molecule has 0 spiro atoms. The summed E-state index contributed by atoms with van der Waals surface area (Å²) in [5, 5.41) is 17.7. The third-order valence-electron chi connectivity index (χ3n) is 2.43. The molecule has 1 rings (SSSR count). The number of ether oxygens (including phenoxy) is 1. The fraction of sp³-hybridized carbons (Fsp3) is 0.417. The largest absolute Gasteiger partial charge is 0.508 e. The molecule has 4 heteroatoms. The fourth-order valence-corrected chi connectivity index (χ4v) is 1.49. The summed E-state index contributed by atoms with van der Waals surface area (Å²) in [4.78, 5) is 10.5. The lowest BCUT2D eigenvalue weighted by atomic mass is 10.0. The standard InChI is InChI=1S/C12H16O4/c1-16-11(8-12(14)15)7-4-9-2-5-10(13)6-3-9/h2-3,5-6,11,13H,4,7-8H2,1H3,(H,14,15). The van der Waals surface area contributed by atoms with E-state index in [1.807, 2.05) is 12.1 Å². The van der Waals surface area contributed by atoms with E-state index in [0.29, 0.717) is 6.42 Å². The second kappa shape index (κ2) is 6.12. The lowest BCUT2D eigenvalue weighted by Gasteiger charge is -2.12. The van der Waals surface area contributed by atoms with Crippen LogP contribution in [0.3, 0.4) is 0 Å². The van der Waals surface area contributed by atoms with E-state index in [2.05, 4.69) is 0 Å². The number of carboxylic acids is 1. The van der Waals surface area contributed by atoms with Crippen molar-refractivity contribution in [3.8, 4) is 5.75 Å².